The monoisotopic (exact) mass is 384 g/mol. The van der Waals surface area contributed by atoms with Gasteiger partial charge in [-0.1, -0.05) is 12.1 Å². The first-order valence-electron chi connectivity index (χ1n) is 9.95. The maximum Gasteiger partial charge on any atom is 0.224 e. The SMILES string of the molecule is COc1ccc(F)c(CN2CCC(CCC(=O)Nc3cccc(C)c3)CC2)c1. The number of methoxy groups -OCH3 is 1. The van der Waals surface area contributed by atoms with Gasteiger partial charge in [0.25, 0.3) is 0 Å². The molecule has 2 aromatic carbocycles. The molecule has 0 unspecified atom stereocenters. The molecule has 150 valence electrons. The fraction of sp³-hybridized carbons (Fsp3) is 0.435. The van der Waals surface area contributed by atoms with E-state index in [2.05, 4.69) is 10.2 Å². The number of likely N-dealkylation sites (tertiary alicyclic amines) is 1. The Morgan fingerprint density at radius 3 is 2.71 bits per heavy atom. The molecule has 28 heavy (non-hydrogen) atoms. The third-order valence-electron chi connectivity index (χ3n) is 5.44. The number of aryl methyl sites for hydroxylation is 1. The third-order valence-corrected chi connectivity index (χ3v) is 5.44. The van der Waals surface area contributed by atoms with E-state index >= 15 is 0 Å². The minimum Gasteiger partial charge on any atom is -0.497 e. The van der Waals surface area contributed by atoms with Crippen molar-refractivity contribution in [2.24, 2.45) is 5.92 Å². The quantitative estimate of drug-likeness (QED) is 0.747. The molecule has 1 amide bonds. The summed E-state index contributed by atoms with van der Waals surface area (Å²) in [5.74, 6) is 1.13. The lowest BCUT2D eigenvalue weighted by Crippen LogP contribution is -2.33. The van der Waals surface area contributed by atoms with Gasteiger partial charge in [-0.25, -0.2) is 4.39 Å². The van der Waals surface area contributed by atoms with Gasteiger partial charge in [0.2, 0.25) is 5.91 Å². The minimum absolute atomic E-state index is 0.0754. The first-order valence-corrected chi connectivity index (χ1v) is 9.95. The molecule has 0 aromatic heterocycles. The van der Waals surface area contributed by atoms with Crippen molar-refractivity contribution in [1.82, 2.24) is 4.90 Å². The van der Waals surface area contributed by atoms with E-state index in [4.69, 9.17) is 4.74 Å². The fourth-order valence-corrected chi connectivity index (χ4v) is 3.75. The lowest BCUT2D eigenvalue weighted by atomic mass is 9.92. The number of carbonyl (C=O) groups is 1. The molecule has 0 aliphatic carbocycles. The predicted octanol–water partition coefficient (Wildman–Crippen LogP) is 4.77. The molecule has 1 saturated heterocycles. The van der Waals surface area contributed by atoms with Crippen LogP contribution in [0.2, 0.25) is 0 Å². The minimum atomic E-state index is -0.184. The lowest BCUT2D eigenvalue weighted by Gasteiger charge is -2.32. The Morgan fingerprint density at radius 1 is 1.21 bits per heavy atom. The second kappa shape index (κ2) is 9.69. The van der Waals surface area contributed by atoms with E-state index in [0.29, 0.717) is 30.2 Å². The number of nitrogens with zero attached hydrogens (tertiary/aromatic N) is 1. The number of hydrogen-bond donors (Lipinski definition) is 1. The largest absolute Gasteiger partial charge is 0.497 e. The molecule has 4 nitrogen and oxygen atoms in total. The van der Waals surface area contributed by atoms with Crippen LogP contribution in [0, 0.1) is 18.7 Å². The highest BCUT2D eigenvalue weighted by molar-refractivity contribution is 5.90. The zero-order chi connectivity index (χ0) is 19.9. The lowest BCUT2D eigenvalue weighted by molar-refractivity contribution is -0.116. The van der Waals surface area contributed by atoms with Crippen molar-refractivity contribution in [3.8, 4) is 5.75 Å². The zero-order valence-corrected chi connectivity index (χ0v) is 16.7. The highest BCUT2D eigenvalue weighted by atomic mass is 19.1. The molecule has 0 bridgehead atoms. The average Bonchev–Trinajstić information content (AvgIpc) is 2.69. The number of halogens is 1. The van der Waals surface area contributed by atoms with Crippen molar-refractivity contribution >= 4 is 11.6 Å². The Labute approximate surface area is 166 Å². The molecule has 0 radical (unpaired) electrons. The Bertz CT molecular complexity index is 801. The summed E-state index contributed by atoms with van der Waals surface area (Å²) < 4.78 is 19.2. The van der Waals surface area contributed by atoms with Crippen LogP contribution in [0.5, 0.6) is 5.75 Å². The van der Waals surface area contributed by atoms with Crippen LogP contribution in [-0.2, 0) is 11.3 Å². The van der Waals surface area contributed by atoms with Crippen LogP contribution in [0.1, 0.15) is 36.8 Å². The molecule has 5 heteroatoms. The summed E-state index contributed by atoms with van der Waals surface area (Å²) in [5, 5.41) is 2.98. The van der Waals surface area contributed by atoms with Crippen LogP contribution in [0.15, 0.2) is 42.5 Å². The molecule has 1 N–H and O–H groups in total. The third kappa shape index (κ3) is 5.80. The molecule has 0 atom stereocenters. The van der Waals surface area contributed by atoms with Crippen LogP contribution in [-0.4, -0.2) is 31.0 Å². The first-order chi connectivity index (χ1) is 13.5. The summed E-state index contributed by atoms with van der Waals surface area (Å²) in [7, 11) is 1.59. The number of amides is 1. The molecule has 1 fully saturated rings. The van der Waals surface area contributed by atoms with Crippen LogP contribution in [0.3, 0.4) is 0 Å². The standard InChI is InChI=1S/C23H29FN2O2/c1-17-4-3-5-20(14-17)25-23(27)9-6-18-10-12-26(13-11-18)16-19-15-21(28-2)7-8-22(19)24/h3-5,7-8,14-15,18H,6,9-13,16H2,1-2H3,(H,25,27). The molecule has 0 spiro atoms. The number of anilines is 1. The Hall–Kier alpha value is -2.40. The highest BCUT2D eigenvalue weighted by Gasteiger charge is 2.21. The van der Waals surface area contributed by atoms with Crippen LogP contribution in [0.4, 0.5) is 10.1 Å². The molecule has 0 saturated carbocycles. The van der Waals surface area contributed by atoms with E-state index in [1.165, 1.54) is 6.07 Å². The van der Waals surface area contributed by atoms with E-state index in [-0.39, 0.29) is 11.7 Å². The number of hydrogen-bond acceptors (Lipinski definition) is 3. The van der Waals surface area contributed by atoms with Gasteiger partial charge in [-0.15, -0.1) is 0 Å². The maximum atomic E-state index is 14.0. The van der Waals surface area contributed by atoms with Crippen molar-refractivity contribution in [3.05, 3.63) is 59.4 Å². The number of rotatable bonds is 7. The molecular weight excluding hydrogens is 355 g/mol. The number of piperidine rings is 1. The van der Waals surface area contributed by atoms with E-state index in [0.717, 1.165) is 43.6 Å². The summed E-state index contributed by atoms with van der Waals surface area (Å²) in [4.78, 5) is 14.5. The summed E-state index contributed by atoms with van der Waals surface area (Å²) in [6, 6.07) is 12.7. The summed E-state index contributed by atoms with van der Waals surface area (Å²) in [6.45, 7) is 4.48. The van der Waals surface area contributed by atoms with Crippen molar-refractivity contribution < 1.29 is 13.9 Å². The van der Waals surface area contributed by atoms with E-state index in [1.54, 1.807) is 19.2 Å². The van der Waals surface area contributed by atoms with Gasteiger partial charge in [-0.3, -0.25) is 9.69 Å². The van der Waals surface area contributed by atoms with Gasteiger partial charge >= 0.3 is 0 Å². The molecular formula is C23H29FN2O2. The van der Waals surface area contributed by atoms with Crippen molar-refractivity contribution in [2.45, 2.75) is 39.2 Å². The first kappa shape index (κ1) is 20.3. The number of ether oxygens (including phenoxy) is 1. The zero-order valence-electron chi connectivity index (χ0n) is 16.7. The van der Waals surface area contributed by atoms with Crippen LogP contribution in [0.25, 0.3) is 0 Å². The molecule has 1 aliphatic heterocycles. The Kier molecular flexibility index (Phi) is 7.04. The second-order valence-electron chi connectivity index (χ2n) is 7.63. The van der Waals surface area contributed by atoms with Gasteiger partial charge in [-0.05, 0) is 81.1 Å². The van der Waals surface area contributed by atoms with Gasteiger partial charge in [0.1, 0.15) is 11.6 Å². The smallest absolute Gasteiger partial charge is 0.224 e. The number of nitrogens with one attached hydrogen (secondary N) is 1. The van der Waals surface area contributed by atoms with E-state index in [9.17, 15) is 9.18 Å². The molecule has 1 heterocycles. The molecule has 3 rings (SSSR count). The maximum absolute atomic E-state index is 14.0. The average molecular weight is 384 g/mol. The highest BCUT2D eigenvalue weighted by Crippen LogP contribution is 2.25. The van der Waals surface area contributed by atoms with Gasteiger partial charge in [-0.2, -0.15) is 0 Å². The van der Waals surface area contributed by atoms with Crippen molar-refractivity contribution in [3.63, 3.8) is 0 Å². The van der Waals surface area contributed by atoms with Gasteiger partial charge in [0.05, 0.1) is 7.11 Å². The summed E-state index contributed by atoms with van der Waals surface area (Å²) in [6.07, 6.45) is 3.54. The van der Waals surface area contributed by atoms with Crippen molar-refractivity contribution in [1.29, 1.82) is 0 Å². The predicted molar refractivity (Wildman–Crippen MR) is 110 cm³/mol. The van der Waals surface area contributed by atoms with Crippen LogP contribution < -0.4 is 10.1 Å². The van der Waals surface area contributed by atoms with Crippen molar-refractivity contribution in [2.75, 3.05) is 25.5 Å². The number of carbonyl (C=O) groups excluding carboxylic acids is 1. The van der Waals surface area contributed by atoms with Gasteiger partial charge in [0, 0.05) is 24.2 Å². The van der Waals surface area contributed by atoms with Gasteiger partial charge < -0.3 is 10.1 Å². The van der Waals surface area contributed by atoms with Gasteiger partial charge in [0.15, 0.2) is 0 Å². The summed E-state index contributed by atoms with van der Waals surface area (Å²) in [5.41, 5.74) is 2.67. The molecule has 2 aromatic rings. The number of benzene rings is 2. The normalized spacial score (nSPS) is 15.4. The fourth-order valence-electron chi connectivity index (χ4n) is 3.75. The summed E-state index contributed by atoms with van der Waals surface area (Å²) >= 11 is 0. The Morgan fingerprint density at radius 2 is 2.00 bits per heavy atom. The molecule has 1 aliphatic rings. The van der Waals surface area contributed by atoms with Crippen LogP contribution >= 0.6 is 0 Å². The Balaban J connectivity index is 1.41. The van der Waals surface area contributed by atoms with E-state index < -0.39 is 0 Å². The topological polar surface area (TPSA) is 41.6 Å². The van der Waals surface area contributed by atoms with E-state index in [1.807, 2.05) is 31.2 Å². The second-order valence-corrected chi connectivity index (χ2v) is 7.63.